The largest absolute Gasteiger partial charge is 0.466 e. The molecule has 0 N–H and O–H groups in total. The third kappa shape index (κ3) is 13.6. The van der Waals surface area contributed by atoms with E-state index >= 15 is 0 Å². The standard InChI is InChI=1S/C17H32O3/c1-3-5-7-8-9-10-11-12-16(18)13-14-17(19)20-15-6-4-2/h3-15H2,1-2H3. The number of ether oxygens (including phenoxy) is 1. The number of ketones is 1. The van der Waals surface area contributed by atoms with Crippen molar-refractivity contribution in [2.24, 2.45) is 0 Å². The van der Waals surface area contributed by atoms with Crippen LogP contribution < -0.4 is 0 Å². The second-order valence-electron chi connectivity index (χ2n) is 5.48. The Labute approximate surface area is 124 Å². The highest BCUT2D eigenvalue weighted by molar-refractivity contribution is 5.82. The molecule has 0 aliphatic carbocycles. The summed E-state index contributed by atoms with van der Waals surface area (Å²) < 4.78 is 5.02. The first-order valence-electron chi connectivity index (χ1n) is 8.38. The molecule has 0 aliphatic rings. The molecule has 3 nitrogen and oxygen atoms in total. The van der Waals surface area contributed by atoms with Crippen molar-refractivity contribution >= 4 is 11.8 Å². The van der Waals surface area contributed by atoms with Crippen LogP contribution in [0.2, 0.25) is 0 Å². The molecule has 0 heterocycles. The number of unbranched alkanes of at least 4 members (excludes halogenated alkanes) is 7. The molecular weight excluding hydrogens is 252 g/mol. The van der Waals surface area contributed by atoms with Crippen LogP contribution in [0.15, 0.2) is 0 Å². The minimum atomic E-state index is -0.230. The number of rotatable bonds is 14. The maximum Gasteiger partial charge on any atom is 0.306 e. The average Bonchev–Trinajstić information content (AvgIpc) is 2.44. The van der Waals surface area contributed by atoms with Gasteiger partial charge in [-0.25, -0.2) is 0 Å². The van der Waals surface area contributed by atoms with Crippen LogP contribution in [0.1, 0.15) is 90.9 Å². The summed E-state index contributed by atoms with van der Waals surface area (Å²) >= 11 is 0. The maximum absolute atomic E-state index is 11.6. The zero-order chi connectivity index (χ0) is 15.1. The van der Waals surface area contributed by atoms with Gasteiger partial charge in [0, 0.05) is 12.8 Å². The van der Waals surface area contributed by atoms with E-state index in [1.165, 1.54) is 32.1 Å². The molecular formula is C17H32O3. The Kier molecular flexibility index (Phi) is 13.9. The van der Waals surface area contributed by atoms with Crippen molar-refractivity contribution in [3.63, 3.8) is 0 Å². The first kappa shape index (κ1) is 19.1. The zero-order valence-corrected chi connectivity index (χ0v) is 13.4. The molecule has 0 saturated carbocycles. The second-order valence-corrected chi connectivity index (χ2v) is 5.48. The van der Waals surface area contributed by atoms with E-state index in [1.54, 1.807) is 0 Å². The van der Waals surface area contributed by atoms with Gasteiger partial charge in [0.05, 0.1) is 13.0 Å². The molecule has 0 aliphatic heterocycles. The van der Waals surface area contributed by atoms with Crippen LogP contribution in [-0.2, 0) is 14.3 Å². The fourth-order valence-corrected chi connectivity index (χ4v) is 2.05. The normalized spacial score (nSPS) is 10.5. The van der Waals surface area contributed by atoms with E-state index in [2.05, 4.69) is 13.8 Å². The van der Waals surface area contributed by atoms with Crippen LogP contribution in [0.25, 0.3) is 0 Å². The van der Waals surface area contributed by atoms with Crippen molar-refractivity contribution in [3.05, 3.63) is 0 Å². The summed E-state index contributed by atoms with van der Waals surface area (Å²) in [6, 6.07) is 0. The maximum atomic E-state index is 11.6. The first-order valence-corrected chi connectivity index (χ1v) is 8.38. The van der Waals surface area contributed by atoms with Crippen LogP contribution in [0.5, 0.6) is 0 Å². The van der Waals surface area contributed by atoms with Crippen LogP contribution in [0, 0.1) is 0 Å². The summed E-state index contributed by atoms with van der Waals surface area (Å²) in [5, 5.41) is 0. The van der Waals surface area contributed by atoms with Crippen molar-refractivity contribution in [1.29, 1.82) is 0 Å². The van der Waals surface area contributed by atoms with Gasteiger partial charge in [0.1, 0.15) is 5.78 Å². The SMILES string of the molecule is CCCCCCCCCC(=O)CCC(=O)OCCCC. The summed E-state index contributed by atoms with van der Waals surface area (Å²) in [5.74, 6) is -0.0302. The lowest BCUT2D eigenvalue weighted by molar-refractivity contribution is -0.144. The van der Waals surface area contributed by atoms with Crippen molar-refractivity contribution in [3.8, 4) is 0 Å². The Bertz CT molecular complexity index is 249. The topological polar surface area (TPSA) is 43.4 Å². The number of carbonyl (C=O) groups excluding carboxylic acids is 2. The molecule has 0 aromatic carbocycles. The quantitative estimate of drug-likeness (QED) is 0.339. The van der Waals surface area contributed by atoms with Gasteiger partial charge in [-0.3, -0.25) is 9.59 Å². The monoisotopic (exact) mass is 284 g/mol. The summed E-state index contributed by atoms with van der Waals surface area (Å²) in [6.45, 7) is 4.76. The Hall–Kier alpha value is -0.860. The van der Waals surface area contributed by atoms with E-state index in [4.69, 9.17) is 4.74 Å². The van der Waals surface area contributed by atoms with Gasteiger partial charge in [0.15, 0.2) is 0 Å². The van der Waals surface area contributed by atoms with E-state index in [0.29, 0.717) is 19.4 Å². The lowest BCUT2D eigenvalue weighted by Crippen LogP contribution is -2.08. The molecule has 20 heavy (non-hydrogen) atoms. The Morgan fingerprint density at radius 1 is 0.700 bits per heavy atom. The number of esters is 1. The van der Waals surface area contributed by atoms with Gasteiger partial charge in [-0.05, 0) is 12.8 Å². The molecule has 0 saturated heterocycles. The molecule has 0 bridgehead atoms. The molecule has 3 heteroatoms. The van der Waals surface area contributed by atoms with E-state index < -0.39 is 0 Å². The molecule has 0 spiro atoms. The van der Waals surface area contributed by atoms with Crippen molar-refractivity contribution < 1.29 is 14.3 Å². The molecule has 0 fully saturated rings. The number of hydrogen-bond acceptors (Lipinski definition) is 3. The lowest BCUT2D eigenvalue weighted by Gasteiger charge is -2.04. The number of Topliss-reactive ketones (excluding diaryl/α,β-unsaturated/α-hetero) is 1. The van der Waals surface area contributed by atoms with Gasteiger partial charge in [0.25, 0.3) is 0 Å². The highest BCUT2D eigenvalue weighted by Crippen LogP contribution is 2.10. The predicted molar refractivity (Wildman–Crippen MR) is 82.7 cm³/mol. The molecule has 0 rings (SSSR count). The molecule has 0 amide bonds. The Morgan fingerprint density at radius 3 is 1.95 bits per heavy atom. The van der Waals surface area contributed by atoms with Crippen molar-refractivity contribution in [2.45, 2.75) is 90.9 Å². The smallest absolute Gasteiger partial charge is 0.306 e. The van der Waals surface area contributed by atoms with Gasteiger partial charge in [-0.15, -0.1) is 0 Å². The predicted octanol–water partition coefficient (Wildman–Crippen LogP) is 4.82. The number of carbonyl (C=O) groups is 2. The van der Waals surface area contributed by atoms with E-state index in [9.17, 15) is 9.59 Å². The van der Waals surface area contributed by atoms with E-state index in [1.807, 2.05) is 0 Å². The van der Waals surface area contributed by atoms with Crippen LogP contribution in [0.3, 0.4) is 0 Å². The minimum Gasteiger partial charge on any atom is -0.466 e. The molecule has 0 radical (unpaired) electrons. The second kappa shape index (κ2) is 14.5. The van der Waals surface area contributed by atoms with Gasteiger partial charge in [0.2, 0.25) is 0 Å². The van der Waals surface area contributed by atoms with Crippen LogP contribution >= 0.6 is 0 Å². The first-order chi connectivity index (χ1) is 9.70. The Balaban J connectivity index is 3.34. The molecule has 0 atom stereocenters. The van der Waals surface area contributed by atoms with Crippen LogP contribution in [0.4, 0.5) is 0 Å². The van der Waals surface area contributed by atoms with Crippen molar-refractivity contribution in [1.82, 2.24) is 0 Å². The third-order valence-electron chi connectivity index (χ3n) is 3.43. The zero-order valence-electron chi connectivity index (χ0n) is 13.4. The van der Waals surface area contributed by atoms with Gasteiger partial charge in [-0.1, -0.05) is 58.8 Å². The number of hydrogen-bond donors (Lipinski definition) is 0. The van der Waals surface area contributed by atoms with Gasteiger partial charge >= 0.3 is 5.97 Å². The van der Waals surface area contributed by atoms with E-state index in [0.717, 1.165) is 25.7 Å². The summed E-state index contributed by atoms with van der Waals surface area (Å²) in [6.07, 6.45) is 11.7. The third-order valence-corrected chi connectivity index (χ3v) is 3.43. The van der Waals surface area contributed by atoms with Crippen LogP contribution in [-0.4, -0.2) is 18.4 Å². The van der Waals surface area contributed by atoms with Crippen molar-refractivity contribution in [2.75, 3.05) is 6.61 Å². The summed E-state index contributed by atoms with van der Waals surface area (Å²) in [5.41, 5.74) is 0. The molecule has 0 unspecified atom stereocenters. The van der Waals surface area contributed by atoms with E-state index in [-0.39, 0.29) is 18.2 Å². The Morgan fingerprint density at radius 2 is 1.30 bits per heavy atom. The molecule has 0 aromatic rings. The summed E-state index contributed by atoms with van der Waals surface area (Å²) in [7, 11) is 0. The lowest BCUT2D eigenvalue weighted by atomic mass is 10.1. The van der Waals surface area contributed by atoms with Gasteiger partial charge < -0.3 is 4.74 Å². The minimum absolute atomic E-state index is 0.200. The molecule has 118 valence electrons. The average molecular weight is 284 g/mol. The summed E-state index contributed by atoms with van der Waals surface area (Å²) in [4.78, 5) is 22.9. The van der Waals surface area contributed by atoms with Gasteiger partial charge in [-0.2, -0.15) is 0 Å². The fraction of sp³-hybridized carbons (Fsp3) is 0.882. The molecule has 0 aromatic heterocycles. The highest BCUT2D eigenvalue weighted by Gasteiger charge is 2.07. The highest BCUT2D eigenvalue weighted by atomic mass is 16.5. The fourth-order valence-electron chi connectivity index (χ4n) is 2.05.